The molecule has 2 aliphatic heterocycles. The van der Waals surface area contributed by atoms with E-state index in [1.165, 1.54) is 4.90 Å². The fraction of sp³-hybridized carbons (Fsp3) is 0.231. The van der Waals surface area contributed by atoms with Crippen molar-refractivity contribution >= 4 is 39.9 Å². The fourth-order valence-corrected chi connectivity index (χ4v) is 6.00. The second kappa shape index (κ2) is 9.33. The van der Waals surface area contributed by atoms with Crippen molar-refractivity contribution in [1.29, 1.82) is 0 Å². The number of fused-ring (bicyclic) bond motifs is 2. The summed E-state index contributed by atoms with van der Waals surface area (Å²) in [7, 11) is 0.563. The topological polar surface area (TPSA) is 62.1 Å². The Hall–Kier alpha value is -3.00. The number of hydrogen-bond acceptors (Lipinski definition) is 3. The minimum atomic E-state index is -1.56. The number of likely N-dealkylation sites (N-methyl/N-ethyl adjacent to an activating group) is 1. The molecule has 1 saturated heterocycles. The van der Waals surface area contributed by atoms with Crippen molar-refractivity contribution in [3.8, 4) is 0 Å². The largest absolute Gasteiger partial charge is 0.334 e. The number of rotatable bonds is 3. The molecule has 5 rings (SSSR count). The van der Waals surface area contributed by atoms with Gasteiger partial charge in [-0.2, -0.15) is 0 Å². The van der Waals surface area contributed by atoms with E-state index in [-0.39, 0.29) is 18.4 Å². The van der Waals surface area contributed by atoms with Crippen LogP contribution in [0.3, 0.4) is 0 Å². The Morgan fingerprint density at radius 3 is 2.53 bits per heavy atom. The third kappa shape index (κ3) is 4.27. The normalized spacial score (nSPS) is 18.3. The number of carbonyl (C=O) groups is 2. The average molecular weight is 495 g/mol. The number of piperazine rings is 1. The number of nitrogens with zero attached hydrogens (tertiary/aromatic N) is 2. The van der Waals surface area contributed by atoms with Crippen LogP contribution in [0.5, 0.6) is 0 Å². The summed E-state index contributed by atoms with van der Waals surface area (Å²) < 4.78 is 13.6. The van der Waals surface area contributed by atoms with Gasteiger partial charge < -0.3 is 14.7 Å². The molecule has 1 unspecified atom stereocenters. The maximum absolute atomic E-state index is 13.7. The Kier molecular flexibility index (Phi) is 6.25. The van der Waals surface area contributed by atoms with E-state index in [4.69, 9.17) is 11.6 Å². The van der Waals surface area contributed by atoms with Gasteiger partial charge >= 0.3 is 0 Å². The van der Waals surface area contributed by atoms with Crippen molar-refractivity contribution in [2.75, 3.05) is 38.1 Å². The van der Waals surface area contributed by atoms with Crippen molar-refractivity contribution in [3.63, 3.8) is 0 Å². The lowest BCUT2D eigenvalue weighted by Crippen LogP contribution is -3.12. The molecule has 2 amide bonds. The number of halogens is 1. The molecule has 3 aromatic rings. The zero-order valence-corrected chi connectivity index (χ0v) is 20.4. The Bertz CT molecular complexity index is 1300. The number of quaternary nitrogens is 1. The van der Waals surface area contributed by atoms with Gasteiger partial charge in [0.25, 0.3) is 11.8 Å². The smallest absolute Gasteiger partial charge is 0.259 e. The minimum Gasteiger partial charge on any atom is -0.334 e. The van der Waals surface area contributed by atoms with Crippen LogP contribution in [0.15, 0.2) is 76.5 Å². The Morgan fingerprint density at radius 1 is 1.00 bits per heavy atom. The number of benzene rings is 3. The summed E-state index contributed by atoms with van der Waals surface area (Å²) in [6.45, 7) is 3.41. The minimum absolute atomic E-state index is 0.0713. The molecule has 2 heterocycles. The quantitative estimate of drug-likeness (QED) is 0.609. The van der Waals surface area contributed by atoms with Gasteiger partial charge in [-0.05, 0) is 48.0 Å². The molecule has 1 N–H and O–H groups in total. The predicted octanol–water partition coefficient (Wildman–Crippen LogP) is 2.64. The standard InChI is InChI=1S/C26H24ClN3O3S/c1-28-11-13-29(14-12-28)25(31)19-9-10-24-22(16-19)30(17-18-5-4-6-20(27)15-18)26(32)21-7-2-3-8-23(21)34(24)33/h2-10,15-16H,11-14,17H2,1H3/p+1. The second-order valence-electron chi connectivity index (χ2n) is 8.72. The van der Waals surface area contributed by atoms with Gasteiger partial charge in [-0.1, -0.05) is 35.9 Å². The summed E-state index contributed by atoms with van der Waals surface area (Å²) >= 11 is 6.19. The summed E-state index contributed by atoms with van der Waals surface area (Å²) in [6, 6.07) is 19.5. The number of anilines is 1. The van der Waals surface area contributed by atoms with Crippen LogP contribution in [-0.4, -0.2) is 54.1 Å². The monoisotopic (exact) mass is 494 g/mol. The Morgan fingerprint density at radius 2 is 1.76 bits per heavy atom. The summed E-state index contributed by atoms with van der Waals surface area (Å²) in [5.74, 6) is -0.325. The van der Waals surface area contributed by atoms with Crippen LogP contribution in [0.1, 0.15) is 26.3 Å². The number of hydrogen-bond donors (Lipinski definition) is 1. The van der Waals surface area contributed by atoms with E-state index in [2.05, 4.69) is 7.05 Å². The Balaban J connectivity index is 1.60. The molecular weight excluding hydrogens is 470 g/mol. The molecule has 6 nitrogen and oxygen atoms in total. The van der Waals surface area contributed by atoms with E-state index in [0.29, 0.717) is 44.7 Å². The first-order valence-corrected chi connectivity index (χ1v) is 12.8. The van der Waals surface area contributed by atoms with Crippen LogP contribution < -0.4 is 9.80 Å². The third-order valence-electron chi connectivity index (χ3n) is 6.39. The lowest BCUT2D eigenvalue weighted by molar-refractivity contribution is -0.883. The highest BCUT2D eigenvalue weighted by molar-refractivity contribution is 7.85. The maximum Gasteiger partial charge on any atom is 0.259 e. The molecule has 0 bridgehead atoms. The van der Waals surface area contributed by atoms with Gasteiger partial charge in [0.15, 0.2) is 0 Å². The van der Waals surface area contributed by atoms with Crippen molar-refractivity contribution in [3.05, 3.63) is 88.4 Å². The highest BCUT2D eigenvalue weighted by Gasteiger charge is 2.32. The van der Waals surface area contributed by atoms with Crippen molar-refractivity contribution in [2.24, 2.45) is 0 Å². The van der Waals surface area contributed by atoms with Crippen LogP contribution in [0.4, 0.5) is 5.69 Å². The lowest BCUT2D eigenvalue weighted by atomic mass is 10.1. The number of nitrogens with one attached hydrogen (secondary N) is 1. The molecular formula is C26H25ClN3O3S+. The SMILES string of the molecule is C[NH+]1CCN(C(=O)c2ccc3c(c2)N(Cc2cccc(Cl)c2)C(=O)c2ccccc2S3=O)CC1. The zero-order chi connectivity index (χ0) is 23.8. The van der Waals surface area contributed by atoms with E-state index in [0.717, 1.165) is 18.7 Å². The van der Waals surface area contributed by atoms with Gasteiger partial charge in [0.1, 0.15) is 0 Å². The van der Waals surface area contributed by atoms with Gasteiger partial charge in [-0.15, -0.1) is 0 Å². The van der Waals surface area contributed by atoms with Gasteiger partial charge in [0.2, 0.25) is 0 Å². The van der Waals surface area contributed by atoms with Crippen LogP contribution >= 0.6 is 11.6 Å². The van der Waals surface area contributed by atoms with E-state index in [1.54, 1.807) is 53.4 Å². The van der Waals surface area contributed by atoms with Gasteiger partial charge in [0, 0.05) is 10.6 Å². The highest BCUT2D eigenvalue weighted by atomic mass is 35.5. The average Bonchev–Trinajstić information content (AvgIpc) is 2.93. The molecule has 0 spiro atoms. The zero-order valence-electron chi connectivity index (χ0n) is 18.8. The van der Waals surface area contributed by atoms with E-state index < -0.39 is 10.8 Å². The molecule has 3 aromatic carbocycles. The molecule has 2 aliphatic rings. The first-order valence-electron chi connectivity index (χ1n) is 11.2. The lowest BCUT2D eigenvalue weighted by Gasteiger charge is -2.30. The fourth-order valence-electron chi connectivity index (χ4n) is 4.45. The number of amides is 2. The van der Waals surface area contributed by atoms with Crippen LogP contribution in [0.2, 0.25) is 5.02 Å². The molecule has 0 saturated carbocycles. The first-order chi connectivity index (χ1) is 16.4. The molecule has 8 heteroatoms. The molecule has 1 fully saturated rings. The van der Waals surface area contributed by atoms with Gasteiger partial charge in [-0.3, -0.25) is 9.59 Å². The predicted molar refractivity (Wildman–Crippen MR) is 132 cm³/mol. The molecule has 1 atom stereocenters. The summed E-state index contributed by atoms with van der Waals surface area (Å²) in [5.41, 5.74) is 2.22. The van der Waals surface area contributed by atoms with Crippen molar-refractivity contribution in [1.82, 2.24) is 4.90 Å². The third-order valence-corrected chi connectivity index (χ3v) is 8.13. The summed E-state index contributed by atoms with van der Waals surface area (Å²) in [5, 5.41) is 0.574. The van der Waals surface area contributed by atoms with Crippen molar-refractivity contribution in [2.45, 2.75) is 16.3 Å². The van der Waals surface area contributed by atoms with Crippen LogP contribution in [0.25, 0.3) is 0 Å². The molecule has 34 heavy (non-hydrogen) atoms. The Labute approximate surface area is 206 Å². The number of carbonyl (C=O) groups excluding carboxylic acids is 2. The summed E-state index contributed by atoms with van der Waals surface area (Å²) in [6.07, 6.45) is 0. The molecule has 0 aromatic heterocycles. The summed E-state index contributed by atoms with van der Waals surface area (Å²) in [4.78, 5) is 32.8. The van der Waals surface area contributed by atoms with E-state index in [1.807, 2.05) is 23.1 Å². The van der Waals surface area contributed by atoms with Crippen molar-refractivity contribution < 1.29 is 18.7 Å². The van der Waals surface area contributed by atoms with E-state index >= 15 is 0 Å². The van der Waals surface area contributed by atoms with Crippen LogP contribution in [0, 0.1) is 0 Å². The first kappa shape index (κ1) is 22.8. The molecule has 0 aliphatic carbocycles. The molecule has 0 radical (unpaired) electrons. The molecule has 174 valence electrons. The van der Waals surface area contributed by atoms with Gasteiger partial charge in [-0.25, -0.2) is 4.21 Å². The van der Waals surface area contributed by atoms with Crippen LogP contribution in [-0.2, 0) is 17.3 Å². The highest BCUT2D eigenvalue weighted by Crippen LogP contribution is 2.36. The maximum atomic E-state index is 13.7. The van der Waals surface area contributed by atoms with Gasteiger partial charge in [0.05, 0.1) is 71.6 Å². The van der Waals surface area contributed by atoms with E-state index in [9.17, 15) is 13.8 Å². The second-order valence-corrected chi connectivity index (χ2v) is 10.6.